The fourth-order valence-corrected chi connectivity index (χ4v) is 2.37. The zero-order valence-electron chi connectivity index (χ0n) is 8.97. The Bertz CT molecular complexity index is 293. The van der Waals surface area contributed by atoms with Crippen LogP contribution in [0.25, 0.3) is 0 Å². The van der Waals surface area contributed by atoms with E-state index in [0.717, 1.165) is 25.1 Å². The van der Waals surface area contributed by atoms with Gasteiger partial charge in [-0.1, -0.05) is 12.1 Å². The minimum Gasteiger partial charge on any atom is -0.361 e. The Hall–Kier alpha value is -0.830. The van der Waals surface area contributed by atoms with E-state index in [1.54, 1.807) is 0 Å². The average molecular weight is 194 g/mol. The molecule has 1 aliphatic rings. The fourth-order valence-electron chi connectivity index (χ4n) is 2.37. The van der Waals surface area contributed by atoms with Crippen LogP contribution in [0.15, 0.2) is 4.52 Å². The third kappa shape index (κ3) is 1.57. The predicted molar refractivity (Wildman–Crippen MR) is 55.5 cm³/mol. The summed E-state index contributed by atoms with van der Waals surface area (Å²) in [6.07, 6.45) is 4.56. The molecule has 0 spiro atoms. The number of hydrogen-bond acceptors (Lipinski definition) is 3. The van der Waals surface area contributed by atoms with Crippen molar-refractivity contribution in [1.29, 1.82) is 0 Å². The lowest BCUT2D eigenvalue weighted by atomic mass is 9.85. The second-order valence-corrected chi connectivity index (χ2v) is 3.97. The van der Waals surface area contributed by atoms with Crippen molar-refractivity contribution in [2.75, 3.05) is 13.6 Å². The van der Waals surface area contributed by atoms with Crippen molar-refractivity contribution in [2.45, 2.75) is 38.5 Å². The Kier molecular flexibility index (Phi) is 2.87. The van der Waals surface area contributed by atoms with Gasteiger partial charge in [-0.05, 0) is 26.3 Å². The second-order valence-electron chi connectivity index (χ2n) is 3.97. The highest BCUT2D eigenvalue weighted by Gasteiger charge is 2.26. The van der Waals surface area contributed by atoms with Gasteiger partial charge in [0.1, 0.15) is 5.76 Å². The van der Waals surface area contributed by atoms with Gasteiger partial charge in [-0.3, -0.25) is 0 Å². The van der Waals surface area contributed by atoms with Crippen LogP contribution in [0.5, 0.6) is 0 Å². The van der Waals surface area contributed by atoms with Crippen molar-refractivity contribution in [3.05, 3.63) is 17.0 Å². The minimum absolute atomic E-state index is 0.616. The largest absolute Gasteiger partial charge is 0.361 e. The molecule has 1 atom stereocenters. The first-order chi connectivity index (χ1) is 6.86. The summed E-state index contributed by atoms with van der Waals surface area (Å²) in [4.78, 5) is 0. The highest BCUT2D eigenvalue weighted by molar-refractivity contribution is 5.30. The van der Waals surface area contributed by atoms with E-state index < -0.39 is 0 Å². The first-order valence-electron chi connectivity index (χ1n) is 5.48. The van der Waals surface area contributed by atoms with Crippen molar-refractivity contribution < 1.29 is 4.52 Å². The lowest BCUT2D eigenvalue weighted by molar-refractivity contribution is 0.361. The normalized spacial score (nSPS) is 20.9. The third-order valence-corrected chi connectivity index (χ3v) is 3.03. The summed E-state index contributed by atoms with van der Waals surface area (Å²) >= 11 is 0. The maximum Gasteiger partial charge on any atom is 0.140 e. The van der Waals surface area contributed by atoms with Gasteiger partial charge < -0.3 is 9.84 Å². The van der Waals surface area contributed by atoms with Crippen LogP contribution in [-0.2, 0) is 12.8 Å². The standard InChI is InChI=1S/C11H18N2O/c1-3-9-11-8(7-12-2)5-4-6-10(11)14-13-9/h8,12H,3-7H2,1-2H3. The molecular weight excluding hydrogens is 176 g/mol. The first kappa shape index (κ1) is 9.71. The van der Waals surface area contributed by atoms with E-state index in [-0.39, 0.29) is 0 Å². The maximum absolute atomic E-state index is 5.38. The Morgan fingerprint density at radius 2 is 2.43 bits per heavy atom. The zero-order chi connectivity index (χ0) is 9.97. The van der Waals surface area contributed by atoms with Crippen LogP contribution in [0.4, 0.5) is 0 Å². The molecule has 1 aliphatic carbocycles. The molecule has 1 unspecified atom stereocenters. The number of nitrogens with one attached hydrogen (secondary N) is 1. The molecule has 1 N–H and O–H groups in total. The van der Waals surface area contributed by atoms with Crippen molar-refractivity contribution in [1.82, 2.24) is 10.5 Å². The van der Waals surface area contributed by atoms with Crippen molar-refractivity contribution >= 4 is 0 Å². The van der Waals surface area contributed by atoms with Crippen molar-refractivity contribution in [2.24, 2.45) is 0 Å². The SMILES string of the molecule is CCc1noc2c1C(CNC)CCC2. The number of hydrogen-bond donors (Lipinski definition) is 1. The molecule has 0 amide bonds. The van der Waals surface area contributed by atoms with Gasteiger partial charge in [0.25, 0.3) is 0 Å². The Labute approximate surface area is 84.9 Å². The topological polar surface area (TPSA) is 38.1 Å². The van der Waals surface area contributed by atoms with E-state index in [1.807, 2.05) is 7.05 Å². The van der Waals surface area contributed by atoms with Crippen LogP contribution < -0.4 is 5.32 Å². The average Bonchev–Trinajstić information content (AvgIpc) is 2.62. The lowest BCUT2D eigenvalue weighted by Crippen LogP contribution is -2.21. The molecule has 0 fully saturated rings. The quantitative estimate of drug-likeness (QED) is 0.798. The second kappa shape index (κ2) is 4.13. The summed E-state index contributed by atoms with van der Waals surface area (Å²) < 4.78 is 5.38. The molecule has 2 rings (SSSR count). The van der Waals surface area contributed by atoms with E-state index in [4.69, 9.17) is 4.52 Å². The van der Waals surface area contributed by atoms with Gasteiger partial charge in [-0.25, -0.2) is 0 Å². The number of fused-ring (bicyclic) bond motifs is 1. The number of rotatable bonds is 3. The highest BCUT2D eigenvalue weighted by Crippen LogP contribution is 2.33. The molecule has 14 heavy (non-hydrogen) atoms. The van der Waals surface area contributed by atoms with E-state index in [2.05, 4.69) is 17.4 Å². The summed E-state index contributed by atoms with van der Waals surface area (Å²) in [6.45, 7) is 3.18. The summed E-state index contributed by atoms with van der Waals surface area (Å²) in [5, 5.41) is 7.40. The molecule has 3 heteroatoms. The molecule has 0 aliphatic heterocycles. The van der Waals surface area contributed by atoms with Gasteiger partial charge >= 0.3 is 0 Å². The molecular formula is C11H18N2O. The molecule has 0 radical (unpaired) electrons. The van der Waals surface area contributed by atoms with Crippen LogP contribution in [0, 0.1) is 0 Å². The van der Waals surface area contributed by atoms with Gasteiger partial charge in [0, 0.05) is 24.4 Å². The smallest absolute Gasteiger partial charge is 0.140 e. The van der Waals surface area contributed by atoms with E-state index >= 15 is 0 Å². The van der Waals surface area contributed by atoms with Gasteiger partial charge in [0.05, 0.1) is 5.69 Å². The van der Waals surface area contributed by atoms with E-state index in [1.165, 1.54) is 24.1 Å². The highest BCUT2D eigenvalue weighted by atomic mass is 16.5. The zero-order valence-corrected chi connectivity index (χ0v) is 8.97. The van der Waals surface area contributed by atoms with Crippen LogP contribution in [0.1, 0.15) is 42.7 Å². The minimum atomic E-state index is 0.616. The molecule has 0 aromatic carbocycles. The lowest BCUT2D eigenvalue weighted by Gasteiger charge is -2.21. The van der Waals surface area contributed by atoms with E-state index in [0.29, 0.717) is 5.92 Å². The molecule has 0 bridgehead atoms. The van der Waals surface area contributed by atoms with Crippen LogP contribution in [0.3, 0.4) is 0 Å². The number of aryl methyl sites for hydroxylation is 2. The summed E-state index contributed by atoms with van der Waals surface area (Å²) in [6, 6.07) is 0. The molecule has 78 valence electrons. The predicted octanol–water partition coefficient (Wildman–Crippen LogP) is 1.88. The molecule has 1 aromatic rings. The summed E-state index contributed by atoms with van der Waals surface area (Å²) in [5.74, 6) is 1.75. The van der Waals surface area contributed by atoms with Crippen molar-refractivity contribution in [3.8, 4) is 0 Å². The molecule has 3 nitrogen and oxygen atoms in total. The van der Waals surface area contributed by atoms with Crippen LogP contribution in [-0.4, -0.2) is 18.7 Å². The van der Waals surface area contributed by atoms with Gasteiger partial charge in [0.2, 0.25) is 0 Å². The molecule has 0 saturated heterocycles. The number of nitrogens with zero attached hydrogens (tertiary/aromatic N) is 1. The van der Waals surface area contributed by atoms with Crippen LogP contribution >= 0.6 is 0 Å². The van der Waals surface area contributed by atoms with Crippen LogP contribution in [0.2, 0.25) is 0 Å². The molecule has 1 aromatic heterocycles. The Morgan fingerprint density at radius 1 is 1.57 bits per heavy atom. The third-order valence-electron chi connectivity index (χ3n) is 3.03. The van der Waals surface area contributed by atoms with Gasteiger partial charge in [-0.2, -0.15) is 0 Å². The van der Waals surface area contributed by atoms with Crippen molar-refractivity contribution in [3.63, 3.8) is 0 Å². The van der Waals surface area contributed by atoms with E-state index in [9.17, 15) is 0 Å². The summed E-state index contributed by atoms with van der Waals surface area (Å²) in [7, 11) is 2.01. The Morgan fingerprint density at radius 3 is 3.14 bits per heavy atom. The fraction of sp³-hybridized carbons (Fsp3) is 0.727. The summed E-state index contributed by atoms with van der Waals surface area (Å²) in [5.41, 5.74) is 2.56. The number of aromatic nitrogens is 1. The number of likely N-dealkylation sites (N-methyl/N-ethyl adjacent to an activating group) is 1. The first-order valence-corrected chi connectivity index (χ1v) is 5.48. The maximum atomic E-state index is 5.38. The Balaban J connectivity index is 2.30. The molecule has 1 heterocycles. The monoisotopic (exact) mass is 194 g/mol. The molecule has 0 saturated carbocycles. The van der Waals surface area contributed by atoms with Gasteiger partial charge in [-0.15, -0.1) is 0 Å². The van der Waals surface area contributed by atoms with Gasteiger partial charge in [0.15, 0.2) is 0 Å².